The van der Waals surface area contributed by atoms with E-state index in [4.69, 9.17) is 4.98 Å². The molecule has 0 atom stereocenters. The van der Waals surface area contributed by atoms with Gasteiger partial charge in [0.05, 0.1) is 23.1 Å². The largest absolute Gasteiger partial charge is 0.340 e. The van der Waals surface area contributed by atoms with Gasteiger partial charge < -0.3 is 9.47 Å². The zero-order valence-electron chi connectivity index (χ0n) is 19.2. The lowest BCUT2D eigenvalue weighted by molar-refractivity contribution is 0.381. The smallest absolute Gasteiger partial charge is 0.245 e. The van der Waals surface area contributed by atoms with E-state index in [1.165, 1.54) is 5.56 Å². The maximum Gasteiger partial charge on any atom is 0.245 e. The molecule has 8 heteroatoms. The summed E-state index contributed by atoms with van der Waals surface area (Å²) in [5.41, 5.74) is 3.72. The molecule has 0 amide bonds. The average Bonchev–Trinajstić information content (AvgIpc) is 3.27. The second kappa shape index (κ2) is 8.79. The molecule has 0 saturated carbocycles. The molecule has 7 nitrogen and oxygen atoms in total. The molecule has 35 heavy (non-hydrogen) atoms. The summed E-state index contributed by atoms with van der Waals surface area (Å²) in [5, 5.41) is 0.821. The molecule has 6 rings (SSSR count). The van der Waals surface area contributed by atoms with Gasteiger partial charge in [0, 0.05) is 37.8 Å². The van der Waals surface area contributed by atoms with Gasteiger partial charge in [0.25, 0.3) is 0 Å². The lowest BCUT2D eigenvalue weighted by Crippen LogP contribution is -2.49. The molecule has 176 valence electrons. The van der Waals surface area contributed by atoms with Gasteiger partial charge in [0.15, 0.2) is 0 Å². The van der Waals surface area contributed by atoms with Crippen LogP contribution in [0.5, 0.6) is 0 Å². The number of para-hydroxylation sites is 3. The van der Waals surface area contributed by atoms with Crippen LogP contribution in [0.4, 0.5) is 5.95 Å². The van der Waals surface area contributed by atoms with Crippen LogP contribution in [-0.4, -0.2) is 53.4 Å². The van der Waals surface area contributed by atoms with Crippen molar-refractivity contribution in [1.82, 2.24) is 18.8 Å². The first-order chi connectivity index (χ1) is 17.1. The summed E-state index contributed by atoms with van der Waals surface area (Å²) in [5.74, 6) is 0.874. The zero-order valence-corrected chi connectivity index (χ0v) is 20.0. The number of sulfonamides is 1. The summed E-state index contributed by atoms with van der Waals surface area (Å²) in [4.78, 5) is 11.7. The summed E-state index contributed by atoms with van der Waals surface area (Å²) < 4.78 is 30.9. The number of anilines is 1. The molecule has 0 radical (unpaired) electrons. The van der Waals surface area contributed by atoms with Crippen LogP contribution < -0.4 is 4.90 Å². The summed E-state index contributed by atoms with van der Waals surface area (Å²) in [7, 11) is -3.66. The average molecular weight is 484 g/mol. The highest BCUT2D eigenvalue weighted by Crippen LogP contribution is 2.28. The van der Waals surface area contributed by atoms with Gasteiger partial charge in [0.1, 0.15) is 4.90 Å². The Kier molecular flexibility index (Phi) is 5.47. The third kappa shape index (κ3) is 3.94. The van der Waals surface area contributed by atoms with Crippen LogP contribution in [0.2, 0.25) is 0 Å². The highest BCUT2D eigenvalue weighted by Gasteiger charge is 2.31. The highest BCUT2D eigenvalue weighted by atomic mass is 32.2. The molecule has 2 aromatic heterocycles. The first-order valence-electron chi connectivity index (χ1n) is 11.7. The molecular weight excluding hydrogens is 458 g/mol. The second-order valence-corrected chi connectivity index (χ2v) is 10.6. The van der Waals surface area contributed by atoms with Crippen molar-refractivity contribution in [3.8, 4) is 0 Å². The third-order valence-corrected chi connectivity index (χ3v) is 8.48. The van der Waals surface area contributed by atoms with Crippen LogP contribution in [0.15, 0.2) is 96.0 Å². The first-order valence-corrected chi connectivity index (χ1v) is 13.1. The van der Waals surface area contributed by atoms with Crippen LogP contribution in [0.25, 0.3) is 21.9 Å². The number of imidazole rings is 1. The van der Waals surface area contributed by atoms with Gasteiger partial charge in [-0.1, -0.05) is 60.7 Å². The van der Waals surface area contributed by atoms with Crippen molar-refractivity contribution in [2.75, 3.05) is 31.1 Å². The Labute approximate surface area is 204 Å². The maximum absolute atomic E-state index is 13.5. The molecule has 3 aromatic carbocycles. The van der Waals surface area contributed by atoms with E-state index in [1.807, 2.05) is 54.6 Å². The molecule has 1 fully saturated rings. The molecule has 1 aliphatic rings. The number of pyridine rings is 1. The number of piperazine rings is 1. The summed E-state index contributed by atoms with van der Waals surface area (Å²) in [6.07, 6.45) is 1.64. The Morgan fingerprint density at radius 2 is 1.51 bits per heavy atom. The molecule has 0 N–H and O–H groups in total. The van der Waals surface area contributed by atoms with Crippen molar-refractivity contribution in [1.29, 1.82) is 0 Å². The van der Waals surface area contributed by atoms with E-state index in [9.17, 15) is 8.42 Å². The van der Waals surface area contributed by atoms with Crippen molar-refractivity contribution in [2.45, 2.75) is 11.4 Å². The van der Waals surface area contributed by atoms with Crippen LogP contribution in [0.1, 0.15) is 5.56 Å². The highest BCUT2D eigenvalue weighted by molar-refractivity contribution is 7.89. The molecule has 1 saturated heterocycles. The van der Waals surface area contributed by atoms with Gasteiger partial charge in [-0.3, -0.25) is 4.98 Å². The number of rotatable bonds is 5. The second-order valence-electron chi connectivity index (χ2n) is 8.69. The fourth-order valence-electron chi connectivity index (χ4n) is 4.78. The molecule has 0 unspecified atom stereocenters. The minimum absolute atomic E-state index is 0.264. The lowest BCUT2D eigenvalue weighted by atomic mass is 10.2. The Hall–Kier alpha value is -3.75. The van der Waals surface area contributed by atoms with Crippen molar-refractivity contribution < 1.29 is 8.42 Å². The molecule has 5 aromatic rings. The Morgan fingerprint density at radius 3 is 2.34 bits per heavy atom. The Bertz CT molecular complexity index is 1600. The van der Waals surface area contributed by atoms with E-state index in [0.717, 1.165) is 22.4 Å². The predicted molar refractivity (Wildman–Crippen MR) is 138 cm³/mol. The van der Waals surface area contributed by atoms with E-state index in [2.05, 4.69) is 32.7 Å². The molecule has 1 aliphatic heterocycles. The number of aromatic nitrogens is 3. The quantitative estimate of drug-likeness (QED) is 0.376. The number of fused-ring (bicyclic) bond motifs is 2. The van der Waals surface area contributed by atoms with Crippen LogP contribution in [0.3, 0.4) is 0 Å². The van der Waals surface area contributed by atoms with E-state index < -0.39 is 10.0 Å². The topological polar surface area (TPSA) is 71.3 Å². The SMILES string of the molecule is O=S(=O)(c1cccc2cccnc12)N1CCN(c2nc3ccccc3n2Cc2ccccc2)CC1. The lowest BCUT2D eigenvalue weighted by Gasteiger charge is -2.35. The fraction of sp³-hybridized carbons (Fsp3) is 0.185. The third-order valence-electron chi connectivity index (χ3n) is 6.55. The van der Waals surface area contributed by atoms with Gasteiger partial charge in [0.2, 0.25) is 16.0 Å². The fourth-order valence-corrected chi connectivity index (χ4v) is 6.37. The summed E-state index contributed by atoms with van der Waals surface area (Å²) >= 11 is 0. The van der Waals surface area contributed by atoms with E-state index in [-0.39, 0.29) is 4.90 Å². The van der Waals surface area contributed by atoms with Crippen molar-refractivity contribution >= 4 is 37.9 Å². The Morgan fingerprint density at radius 1 is 0.771 bits per heavy atom. The number of nitrogens with zero attached hydrogens (tertiary/aromatic N) is 5. The van der Waals surface area contributed by atoms with Crippen LogP contribution >= 0.6 is 0 Å². The molecule has 0 bridgehead atoms. The number of hydrogen-bond donors (Lipinski definition) is 0. The van der Waals surface area contributed by atoms with Crippen LogP contribution in [-0.2, 0) is 16.6 Å². The molecular formula is C27H25N5O2S. The monoisotopic (exact) mass is 483 g/mol. The Balaban J connectivity index is 1.29. The molecule has 0 aliphatic carbocycles. The van der Waals surface area contributed by atoms with E-state index >= 15 is 0 Å². The summed E-state index contributed by atoms with van der Waals surface area (Å²) in [6.45, 7) is 2.61. The van der Waals surface area contributed by atoms with Crippen molar-refractivity contribution in [3.63, 3.8) is 0 Å². The van der Waals surface area contributed by atoms with E-state index in [0.29, 0.717) is 38.2 Å². The minimum atomic E-state index is -3.66. The van der Waals surface area contributed by atoms with E-state index in [1.54, 1.807) is 22.6 Å². The summed E-state index contributed by atoms with van der Waals surface area (Å²) in [6, 6.07) is 27.5. The maximum atomic E-state index is 13.5. The molecule has 0 spiro atoms. The minimum Gasteiger partial charge on any atom is -0.340 e. The van der Waals surface area contributed by atoms with Gasteiger partial charge >= 0.3 is 0 Å². The van der Waals surface area contributed by atoms with Crippen molar-refractivity contribution in [3.05, 3.63) is 96.7 Å². The standard InChI is InChI=1S/C27H25N5O2S/c33-35(34,25-14-6-10-22-11-7-15-28-26(22)25)31-18-16-30(17-19-31)27-29-23-12-4-5-13-24(23)32(27)20-21-8-2-1-3-9-21/h1-15H,16-20H2. The van der Waals surface area contributed by atoms with Gasteiger partial charge in [-0.15, -0.1) is 0 Å². The van der Waals surface area contributed by atoms with Gasteiger partial charge in [-0.25, -0.2) is 13.4 Å². The van der Waals surface area contributed by atoms with Gasteiger partial charge in [-0.2, -0.15) is 4.31 Å². The number of hydrogen-bond acceptors (Lipinski definition) is 5. The first kappa shape index (κ1) is 21.8. The van der Waals surface area contributed by atoms with Crippen LogP contribution in [0, 0.1) is 0 Å². The zero-order chi connectivity index (χ0) is 23.8. The van der Waals surface area contributed by atoms with Crippen molar-refractivity contribution in [2.24, 2.45) is 0 Å². The van der Waals surface area contributed by atoms with Gasteiger partial charge in [-0.05, 0) is 29.8 Å². The predicted octanol–water partition coefficient (Wildman–Crippen LogP) is 4.14. The normalized spacial score (nSPS) is 15.1. The molecule has 3 heterocycles. The number of benzene rings is 3.